The van der Waals surface area contributed by atoms with E-state index in [1.807, 2.05) is 60.7 Å². The molecule has 0 unspecified atom stereocenters. The first-order valence-corrected chi connectivity index (χ1v) is 5.54. The molecule has 0 aromatic heterocycles. The maximum Gasteiger partial charge on any atom is 0.162 e. The highest BCUT2D eigenvalue weighted by Gasteiger charge is 2.21. The number of rotatable bonds is 4. The molecule has 0 amide bonds. The van der Waals surface area contributed by atoms with Crippen LogP contribution in [-0.4, -0.2) is 12.3 Å². The molecular formula is C15H14NO. The molecule has 2 rings (SSSR count). The van der Waals surface area contributed by atoms with E-state index in [1.54, 1.807) is 0 Å². The summed E-state index contributed by atoms with van der Waals surface area (Å²) in [5.74, 6) is 0.649. The first-order valence-electron chi connectivity index (χ1n) is 5.54. The maximum atomic E-state index is 12.0. The molecule has 2 aromatic carbocycles. The quantitative estimate of drug-likeness (QED) is 0.865. The lowest BCUT2D eigenvalue weighted by molar-refractivity contribution is -0.115. The molecule has 17 heavy (non-hydrogen) atoms. The van der Waals surface area contributed by atoms with Gasteiger partial charge in [-0.25, -0.2) is 0 Å². The van der Waals surface area contributed by atoms with E-state index in [1.165, 1.54) is 0 Å². The molecule has 0 saturated carbocycles. The zero-order chi connectivity index (χ0) is 12.1. The van der Waals surface area contributed by atoms with Crippen LogP contribution < -0.4 is 5.73 Å². The second kappa shape index (κ2) is 5.41. The molecule has 2 aromatic rings. The van der Waals surface area contributed by atoms with Crippen molar-refractivity contribution in [1.82, 2.24) is 0 Å². The average Bonchev–Trinajstić information content (AvgIpc) is 2.41. The van der Waals surface area contributed by atoms with Gasteiger partial charge in [0.05, 0.1) is 6.54 Å². The molecule has 2 N–H and O–H groups in total. The molecule has 2 heteroatoms. The van der Waals surface area contributed by atoms with Crippen LogP contribution in [0.25, 0.3) is 0 Å². The highest BCUT2D eigenvalue weighted by atomic mass is 16.1. The van der Waals surface area contributed by atoms with Crippen LogP contribution in [0.4, 0.5) is 0 Å². The zero-order valence-electron chi connectivity index (χ0n) is 9.47. The van der Waals surface area contributed by atoms with Crippen molar-refractivity contribution < 1.29 is 4.79 Å². The van der Waals surface area contributed by atoms with Crippen LogP contribution in [0.15, 0.2) is 60.7 Å². The number of benzene rings is 2. The summed E-state index contributed by atoms with van der Waals surface area (Å²) >= 11 is 0. The lowest BCUT2D eigenvalue weighted by atomic mass is 9.88. The molecule has 0 fully saturated rings. The summed E-state index contributed by atoms with van der Waals surface area (Å²) in [7, 11) is 0. The predicted molar refractivity (Wildman–Crippen MR) is 68.4 cm³/mol. The minimum Gasteiger partial charge on any atom is -0.324 e. The van der Waals surface area contributed by atoms with Crippen molar-refractivity contribution in [3.05, 3.63) is 77.7 Å². The molecule has 0 aliphatic heterocycles. The molecule has 85 valence electrons. The van der Waals surface area contributed by atoms with E-state index in [-0.39, 0.29) is 12.3 Å². The Kier molecular flexibility index (Phi) is 3.68. The Morgan fingerprint density at radius 1 is 0.824 bits per heavy atom. The minimum absolute atomic E-state index is 0.0269. The molecule has 2 nitrogen and oxygen atoms in total. The van der Waals surface area contributed by atoms with Gasteiger partial charge in [0.25, 0.3) is 0 Å². The summed E-state index contributed by atoms with van der Waals surface area (Å²) in [5, 5.41) is 0. The Morgan fingerprint density at radius 2 is 1.24 bits per heavy atom. The number of carbonyl (C=O) groups is 1. The van der Waals surface area contributed by atoms with Crippen LogP contribution in [0.2, 0.25) is 0 Å². The van der Waals surface area contributed by atoms with Crippen molar-refractivity contribution in [2.24, 2.45) is 5.73 Å². The first-order chi connectivity index (χ1) is 8.33. The van der Waals surface area contributed by atoms with Gasteiger partial charge in [0.15, 0.2) is 5.78 Å². The third-order valence-corrected chi connectivity index (χ3v) is 2.59. The lowest BCUT2D eigenvalue weighted by Gasteiger charge is -2.14. The largest absolute Gasteiger partial charge is 0.324 e. The van der Waals surface area contributed by atoms with Gasteiger partial charge in [-0.15, -0.1) is 0 Å². The van der Waals surface area contributed by atoms with Gasteiger partial charge in [-0.2, -0.15) is 0 Å². The van der Waals surface area contributed by atoms with Crippen LogP contribution in [0.3, 0.4) is 0 Å². The third-order valence-electron chi connectivity index (χ3n) is 2.59. The highest BCUT2D eigenvalue weighted by molar-refractivity contribution is 6.01. The van der Waals surface area contributed by atoms with Crippen molar-refractivity contribution in [3.8, 4) is 0 Å². The van der Waals surface area contributed by atoms with Crippen LogP contribution in [-0.2, 0) is 4.79 Å². The van der Waals surface area contributed by atoms with Crippen LogP contribution >= 0.6 is 0 Å². The lowest BCUT2D eigenvalue weighted by Crippen LogP contribution is -2.23. The second-order valence-electron chi connectivity index (χ2n) is 3.73. The zero-order valence-corrected chi connectivity index (χ0v) is 9.47. The van der Waals surface area contributed by atoms with E-state index in [2.05, 4.69) is 0 Å². The summed E-state index contributed by atoms with van der Waals surface area (Å²) in [4.78, 5) is 12.0. The number of Topliss-reactive ketones (excluding diaryl/α,β-unsaturated/α-hetero) is 1. The van der Waals surface area contributed by atoms with Crippen molar-refractivity contribution in [3.63, 3.8) is 0 Å². The normalized spacial score (nSPS) is 10.5. The topological polar surface area (TPSA) is 43.1 Å². The standard InChI is InChI=1S/C15H14NO/c16-11-14(17)15(12-7-3-1-4-8-12)13-9-5-2-6-10-13/h1-10H,11,16H2. The molecule has 0 aliphatic carbocycles. The van der Waals surface area contributed by atoms with Gasteiger partial charge >= 0.3 is 0 Å². The Bertz CT molecular complexity index is 439. The molecular weight excluding hydrogens is 210 g/mol. The molecule has 0 aliphatic rings. The number of carbonyl (C=O) groups excluding carboxylic acids is 1. The smallest absolute Gasteiger partial charge is 0.162 e. The molecule has 0 spiro atoms. The summed E-state index contributed by atoms with van der Waals surface area (Å²) in [6, 6.07) is 19.2. The van der Waals surface area contributed by atoms with E-state index in [4.69, 9.17) is 5.73 Å². The van der Waals surface area contributed by atoms with Gasteiger partial charge in [-0.05, 0) is 11.1 Å². The fourth-order valence-corrected chi connectivity index (χ4v) is 1.80. The van der Waals surface area contributed by atoms with Crippen LogP contribution in [0.5, 0.6) is 0 Å². The van der Waals surface area contributed by atoms with Crippen LogP contribution in [0.1, 0.15) is 11.1 Å². The molecule has 0 atom stereocenters. The fourth-order valence-electron chi connectivity index (χ4n) is 1.80. The number of hydrogen-bond acceptors (Lipinski definition) is 2. The number of ketones is 1. The second-order valence-corrected chi connectivity index (χ2v) is 3.73. The maximum absolute atomic E-state index is 12.0. The van der Waals surface area contributed by atoms with Gasteiger partial charge in [0.1, 0.15) is 5.92 Å². The SMILES string of the molecule is NCC(=O)[C](c1ccccc1)c1ccccc1. The third kappa shape index (κ3) is 2.60. The Labute approximate surface area is 101 Å². The van der Waals surface area contributed by atoms with Gasteiger partial charge < -0.3 is 5.73 Å². The average molecular weight is 224 g/mol. The number of nitrogens with two attached hydrogens (primary N) is 1. The van der Waals surface area contributed by atoms with Gasteiger partial charge in [0, 0.05) is 0 Å². The van der Waals surface area contributed by atoms with Crippen molar-refractivity contribution >= 4 is 5.78 Å². The van der Waals surface area contributed by atoms with E-state index < -0.39 is 0 Å². The van der Waals surface area contributed by atoms with Gasteiger partial charge in [-0.1, -0.05) is 60.7 Å². The Hall–Kier alpha value is -1.93. The summed E-state index contributed by atoms with van der Waals surface area (Å²) in [6.07, 6.45) is 0. The van der Waals surface area contributed by atoms with E-state index in [9.17, 15) is 4.79 Å². The van der Waals surface area contributed by atoms with Gasteiger partial charge in [-0.3, -0.25) is 4.79 Å². The monoisotopic (exact) mass is 224 g/mol. The first kappa shape index (κ1) is 11.6. The minimum atomic E-state index is -0.0394. The van der Waals surface area contributed by atoms with E-state index in [0.29, 0.717) is 5.92 Å². The molecule has 0 heterocycles. The van der Waals surface area contributed by atoms with Crippen molar-refractivity contribution in [1.29, 1.82) is 0 Å². The van der Waals surface area contributed by atoms with Crippen LogP contribution in [0, 0.1) is 5.92 Å². The fraction of sp³-hybridized carbons (Fsp3) is 0.0667. The van der Waals surface area contributed by atoms with Gasteiger partial charge in [0.2, 0.25) is 0 Å². The van der Waals surface area contributed by atoms with E-state index in [0.717, 1.165) is 11.1 Å². The molecule has 1 radical (unpaired) electrons. The summed E-state index contributed by atoms with van der Waals surface area (Å²) in [6.45, 7) is 0.0269. The Morgan fingerprint density at radius 3 is 1.59 bits per heavy atom. The van der Waals surface area contributed by atoms with Crippen molar-refractivity contribution in [2.45, 2.75) is 0 Å². The summed E-state index contributed by atoms with van der Waals surface area (Å²) < 4.78 is 0. The predicted octanol–water partition coefficient (Wildman–Crippen LogP) is 2.19. The highest BCUT2D eigenvalue weighted by Crippen LogP contribution is 2.23. The molecule has 0 bridgehead atoms. The van der Waals surface area contributed by atoms with Crippen molar-refractivity contribution in [2.75, 3.05) is 6.54 Å². The number of hydrogen-bond donors (Lipinski definition) is 1. The Balaban J connectivity index is 2.43. The summed E-state index contributed by atoms with van der Waals surface area (Å²) in [5.41, 5.74) is 7.30. The van der Waals surface area contributed by atoms with E-state index >= 15 is 0 Å². The molecule has 0 saturated heterocycles.